The summed E-state index contributed by atoms with van der Waals surface area (Å²) in [6, 6.07) is 15.3. The van der Waals surface area contributed by atoms with Crippen LogP contribution < -0.4 is 14.2 Å². The first kappa shape index (κ1) is 17.8. The van der Waals surface area contributed by atoms with Crippen LogP contribution in [0.3, 0.4) is 0 Å². The Morgan fingerprint density at radius 2 is 1.58 bits per heavy atom. The van der Waals surface area contributed by atoms with E-state index in [1.54, 1.807) is 61.7 Å². The highest BCUT2D eigenvalue weighted by Gasteiger charge is 2.14. The molecule has 132 valence electrons. The zero-order valence-electron chi connectivity index (χ0n) is 14.2. The molecule has 0 aliphatic rings. The van der Waals surface area contributed by atoms with Crippen LogP contribution in [0.4, 0.5) is 0 Å². The molecule has 3 rings (SSSR count). The zero-order valence-corrected chi connectivity index (χ0v) is 15.0. The Labute approximate surface area is 156 Å². The fourth-order valence-electron chi connectivity index (χ4n) is 2.34. The molecule has 0 atom stereocenters. The van der Waals surface area contributed by atoms with Crippen molar-refractivity contribution < 1.29 is 19.0 Å². The van der Waals surface area contributed by atoms with Gasteiger partial charge in [0.2, 0.25) is 5.78 Å². The van der Waals surface area contributed by atoms with Gasteiger partial charge in [-0.2, -0.15) is 0 Å². The number of halogens is 1. The lowest BCUT2D eigenvalue weighted by Gasteiger charge is -2.09. The number of ether oxygens (including phenoxy) is 3. The second-order valence-corrected chi connectivity index (χ2v) is 5.77. The minimum absolute atomic E-state index is 0.219. The quantitative estimate of drug-likeness (QED) is 0.585. The van der Waals surface area contributed by atoms with Crippen LogP contribution in [0.5, 0.6) is 23.0 Å². The Kier molecular flexibility index (Phi) is 5.39. The van der Waals surface area contributed by atoms with Crippen molar-refractivity contribution in [2.45, 2.75) is 0 Å². The Hall–Kier alpha value is -3.05. The predicted octanol–water partition coefficient (Wildman–Crippen LogP) is 4.78. The lowest BCUT2D eigenvalue weighted by Crippen LogP contribution is -2.04. The van der Waals surface area contributed by atoms with Crippen LogP contribution in [0.2, 0.25) is 5.02 Å². The maximum absolute atomic E-state index is 12.6. The van der Waals surface area contributed by atoms with Crippen molar-refractivity contribution in [3.05, 3.63) is 77.1 Å². The SMILES string of the molecule is COc1ccc(C(=O)c2ccc(Oc3ccc(Cl)cc3)cn2)cc1OC. The lowest BCUT2D eigenvalue weighted by molar-refractivity contribution is 0.103. The molecular formula is C20H16ClNO4. The molecule has 0 saturated carbocycles. The molecule has 0 bridgehead atoms. The lowest BCUT2D eigenvalue weighted by atomic mass is 10.1. The maximum Gasteiger partial charge on any atom is 0.211 e. The Morgan fingerprint density at radius 3 is 2.19 bits per heavy atom. The Morgan fingerprint density at radius 1 is 0.885 bits per heavy atom. The van der Waals surface area contributed by atoms with Gasteiger partial charge in [-0.15, -0.1) is 0 Å². The van der Waals surface area contributed by atoms with Crippen molar-refractivity contribution >= 4 is 17.4 Å². The number of nitrogens with zero attached hydrogens (tertiary/aromatic N) is 1. The van der Waals surface area contributed by atoms with Crippen LogP contribution in [-0.2, 0) is 0 Å². The number of benzene rings is 2. The van der Waals surface area contributed by atoms with E-state index in [4.69, 9.17) is 25.8 Å². The van der Waals surface area contributed by atoms with E-state index in [0.717, 1.165) is 0 Å². The maximum atomic E-state index is 12.6. The van der Waals surface area contributed by atoms with Crippen LogP contribution in [0.15, 0.2) is 60.8 Å². The summed E-state index contributed by atoms with van der Waals surface area (Å²) < 4.78 is 16.1. The predicted molar refractivity (Wildman–Crippen MR) is 98.7 cm³/mol. The first-order valence-corrected chi connectivity index (χ1v) is 8.14. The van der Waals surface area contributed by atoms with Gasteiger partial charge < -0.3 is 14.2 Å². The molecule has 3 aromatic rings. The van der Waals surface area contributed by atoms with E-state index in [2.05, 4.69) is 4.98 Å². The normalized spacial score (nSPS) is 10.3. The van der Waals surface area contributed by atoms with E-state index in [0.29, 0.717) is 39.3 Å². The molecule has 0 saturated heterocycles. The molecule has 0 aliphatic heterocycles. The molecule has 1 heterocycles. The van der Waals surface area contributed by atoms with Gasteiger partial charge in [0.05, 0.1) is 20.4 Å². The number of carbonyl (C=O) groups excluding carboxylic acids is 1. The van der Waals surface area contributed by atoms with Crippen molar-refractivity contribution in [2.75, 3.05) is 14.2 Å². The topological polar surface area (TPSA) is 57.7 Å². The second kappa shape index (κ2) is 7.89. The number of hydrogen-bond acceptors (Lipinski definition) is 5. The smallest absolute Gasteiger partial charge is 0.211 e. The van der Waals surface area contributed by atoms with Gasteiger partial charge in [-0.05, 0) is 54.6 Å². The van der Waals surface area contributed by atoms with E-state index < -0.39 is 0 Å². The second-order valence-electron chi connectivity index (χ2n) is 5.33. The first-order valence-electron chi connectivity index (χ1n) is 7.77. The molecule has 0 amide bonds. The van der Waals surface area contributed by atoms with Crippen molar-refractivity contribution in [3.63, 3.8) is 0 Å². The molecular weight excluding hydrogens is 354 g/mol. The summed E-state index contributed by atoms with van der Waals surface area (Å²) in [4.78, 5) is 16.8. The fourth-order valence-corrected chi connectivity index (χ4v) is 2.47. The van der Waals surface area contributed by atoms with E-state index in [1.807, 2.05) is 0 Å². The van der Waals surface area contributed by atoms with Gasteiger partial charge >= 0.3 is 0 Å². The minimum atomic E-state index is -0.219. The third-order valence-corrected chi connectivity index (χ3v) is 3.92. The van der Waals surface area contributed by atoms with E-state index >= 15 is 0 Å². The van der Waals surface area contributed by atoms with Gasteiger partial charge in [-0.25, -0.2) is 4.98 Å². The molecule has 26 heavy (non-hydrogen) atoms. The highest BCUT2D eigenvalue weighted by molar-refractivity contribution is 6.30. The molecule has 1 aromatic heterocycles. The van der Waals surface area contributed by atoms with Gasteiger partial charge in [-0.1, -0.05) is 11.6 Å². The van der Waals surface area contributed by atoms with Crippen LogP contribution >= 0.6 is 11.6 Å². The van der Waals surface area contributed by atoms with Gasteiger partial charge in [0, 0.05) is 10.6 Å². The monoisotopic (exact) mass is 369 g/mol. The standard InChI is InChI=1S/C20H16ClNO4/c1-24-18-10-3-13(11-19(18)25-2)20(23)17-9-8-16(12-22-17)26-15-6-4-14(21)5-7-15/h3-12H,1-2H3. The number of hydrogen-bond donors (Lipinski definition) is 0. The van der Waals surface area contributed by atoms with Crippen LogP contribution in [-0.4, -0.2) is 25.0 Å². The fraction of sp³-hybridized carbons (Fsp3) is 0.100. The number of ketones is 1. The van der Waals surface area contributed by atoms with Gasteiger partial charge in [0.1, 0.15) is 17.2 Å². The molecule has 2 aromatic carbocycles. The van der Waals surface area contributed by atoms with E-state index in [1.165, 1.54) is 13.3 Å². The van der Waals surface area contributed by atoms with Crippen molar-refractivity contribution in [2.24, 2.45) is 0 Å². The van der Waals surface area contributed by atoms with Crippen molar-refractivity contribution in [1.82, 2.24) is 4.98 Å². The van der Waals surface area contributed by atoms with E-state index in [-0.39, 0.29) is 5.78 Å². The minimum Gasteiger partial charge on any atom is -0.493 e. The third-order valence-electron chi connectivity index (χ3n) is 3.66. The summed E-state index contributed by atoms with van der Waals surface area (Å²) in [6.07, 6.45) is 1.50. The molecule has 6 heteroatoms. The highest BCUT2D eigenvalue weighted by atomic mass is 35.5. The summed E-state index contributed by atoms with van der Waals surface area (Å²) in [7, 11) is 3.06. The molecule has 0 unspecified atom stereocenters. The third kappa shape index (κ3) is 3.95. The van der Waals surface area contributed by atoms with E-state index in [9.17, 15) is 4.79 Å². The molecule has 0 N–H and O–H groups in total. The number of pyridine rings is 1. The zero-order chi connectivity index (χ0) is 18.5. The number of aromatic nitrogens is 1. The van der Waals surface area contributed by atoms with Crippen molar-refractivity contribution in [3.8, 4) is 23.0 Å². The molecule has 5 nitrogen and oxygen atoms in total. The average Bonchev–Trinajstić information content (AvgIpc) is 2.69. The van der Waals surface area contributed by atoms with Gasteiger partial charge in [-0.3, -0.25) is 4.79 Å². The summed E-state index contributed by atoms with van der Waals surface area (Å²) in [5.41, 5.74) is 0.766. The Balaban J connectivity index is 1.77. The summed E-state index contributed by atoms with van der Waals surface area (Å²) in [6.45, 7) is 0. The molecule has 0 aliphatic carbocycles. The molecule has 0 fully saturated rings. The van der Waals surface area contributed by atoms with Gasteiger partial charge in [0.25, 0.3) is 0 Å². The summed E-state index contributed by atoms with van der Waals surface area (Å²) >= 11 is 5.85. The number of carbonyl (C=O) groups is 1. The molecule has 0 radical (unpaired) electrons. The average molecular weight is 370 g/mol. The number of rotatable bonds is 6. The summed E-state index contributed by atoms with van der Waals surface area (Å²) in [5.74, 6) is 1.99. The van der Waals surface area contributed by atoms with Crippen LogP contribution in [0.25, 0.3) is 0 Å². The van der Waals surface area contributed by atoms with Crippen LogP contribution in [0.1, 0.15) is 16.1 Å². The van der Waals surface area contributed by atoms with Gasteiger partial charge in [0.15, 0.2) is 11.5 Å². The highest BCUT2D eigenvalue weighted by Crippen LogP contribution is 2.28. The Bertz CT molecular complexity index is 908. The summed E-state index contributed by atoms with van der Waals surface area (Å²) in [5, 5.41) is 0.631. The van der Waals surface area contributed by atoms with Crippen LogP contribution in [0, 0.1) is 0 Å². The molecule has 0 spiro atoms. The largest absolute Gasteiger partial charge is 0.493 e. The first-order chi connectivity index (χ1) is 12.6. The van der Waals surface area contributed by atoms with Crippen molar-refractivity contribution in [1.29, 1.82) is 0 Å². The number of methoxy groups -OCH3 is 2.